The highest BCUT2D eigenvalue weighted by Gasteiger charge is 2.31. The van der Waals surface area contributed by atoms with Crippen molar-refractivity contribution in [3.63, 3.8) is 0 Å². The van der Waals surface area contributed by atoms with Crippen LogP contribution >= 0.6 is 8.58 Å². The fourth-order valence-electron chi connectivity index (χ4n) is 4.16. The number of rotatable bonds is 10. The number of hydrogen-bond donors (Lipinski definition) is 0. The Morgan fingerprint density at radius 1 is 1.00 bits per heavy atom. The Bertz CT molecular complexity index is 807. The van der Waals surface area contributed by atoms with Gasteiger partial charge in [-0.1, -0.05) is 65.2 Å². The zero-order chi connectivity index (χ0) is 21.4. The van der Waals surface area contributed by atoms with Crippen LogP contribution in [0.5, 0.6) is 11.5 Å². The fraction of sp³-hybridized carbons (Fsp3) is 0.520. The molecular weight excluding hydrogens is 393 g/mol. The molecule has 1 saturated heterocycles. The molecule has 2 atom stereocenters. The topological polar surface area (TPSA) is 30.9 Å². The average Bonchev–Trinajstić information content (AvgIpc) is 2.79. The Hall–Kier alpha value is -1.61. The molecule has 0 bridgehead atoms. The van der Waals surface area contributed by atoms with Crippen LogP contribution in [0.4, 0.5) is 0 Å². The Morgan fingerprint density at radius 3 is 2.47 bits per heavy atom. The summed E-state index contributed by atoms with van der Waals surface area (Å²) in [5.74, 6) is 1.56. The second kappa shape index (κ2) is 11.1. The molecule has 4 nitrogen and oxygen atoms in total. The lowest BCUT2D eigenvalue weighted by Crippen LogP contribution is -2.31. The Labute approximate surface area is 183 Å². The number of para-hydroxylation sites is 1. The second-order valence-electron chi connectivity index (χ2n) is 8.19. The molecule has 0 N–H and O–H groups in total. The van der Waals surface area contributed by atoms with Crippen molar-refractivity contribution < 1.29 is 14.2 Å². The first-order valence-electron chi connectivity index (χ1n) is 11.0. The number of likely N-dealkylation sites (tertiary alicyclic amines) is 1. The lowest BCUT2D eigenvalue weighted by molar-refractivity contribution is 0.0480. The van der Waals surface area contributed by atoms with Crippen molar-refractivity contribution in [1.82, 2.24) is 4.90 Å². The smallest absolute Gasteiger partial charge is 0.188 e. The third-order valence-electron chi connectivity index (χ3n) is 6.09. The van der Waals surface area contributed by atoms with Gasteiger partial charge in [-0.3, -0.25) is 4.90 Å². The first-order valence-corrected chi connectivity index (χ1v) is 12.0. The molecule has 2 unspecified atom stereocenters. The van der Waals surface area contributed by atoms with E-state index in [-0.39, 0.29) is 11.9 Å². The predicted molar refractivity (Wildman–Crippen MR) is 127 cm³/mol. The van der Waals surface area contributed by atoms with Gasteiger partial charge in [0.15, 0.2) is 18.3 Å². The summed E-state index contributed by atoms with van der Waals surface area (Å²) < 4.78 is 16.8. The van der Waals surface area contributed by atoms with Gasteiger partial charge in [0.1, 0.15) is 0 Å². The van der Waals surface area contributed by atoms with Crippen molar-refractivity contribution in [2.45, 2.75) is 51.2 Å². The second-order valence-corrected chi connectivity index (χ2v) is 10.1. The monoisotopic (exact) mass is 429 g/mol. The molecule has 5 heteroatoms. The summed E-state index contributed by atoms with van der Waals surface area (Å²) in [6.07, 6.45) is 5.02. The Morgan fingerprint density at radius 2 is 1.77 bits per heavy atom. The molecule has 0 amide bonds. The highest BCUT2D eigenvalue weighted by atomic mass is 31.1. The van der Waals surface area contributed by atoms with E-state index in [1.165, 1.54) is 48.8 Å². The molecule has 0 saturated carbocycles. The van der Waals surface area contributed by atoms with Gasteiger partial charge >= 0.3 is 0 Å². The summed E-state index contributed by atoms with van der Waals surface area (Å²) in [6.45, 7) is 8.30. The van der Waals surface area contributed by atoms with E-state index in [9.17, 15) is 0 Å². The maximum absolute atomic E-state index is 5.99. The zero-order valence-corrected chi connectivity index (χ0v) is 19.9. The van der Waals surface area contributed by atoms with Gasteiger partial charge in [-0.25, -0.2) is 0 Å². The van der Waals surface area contributed by atoms with Gasteiger partial charge in [0.05, 0.1) is 7.11 Å². The van der Waals surface area contributed by atoms with Gasteiger partial charge in [-0.15, -0.1) is 0 Å². The number of nitrogens with zero attached hydrogens (tertiary/aromatic N) is 1. The lowest BCUT2D eigenvalue weighted by Gasteiger charge is -2.33. The molecule has 2 aromatic carbocycles. The maximum Gasteiger partial charge on any atom is 0.188 e. The molecule has 1 fully saturated rings. The van der Waals surface area contributed by atoms with Crippen molar-refractivity contribution in [3.8, 4) is 11.5 Å². The van der Waals surface area contributed by atoms with Gasteiger partial charge < -0.3 is 14.2 Å². The summed E-state index contributed by atoms with van der Waals surface area (Å²) in [4.78, 5) is 2.61. The summed E-state index contributed by atoms with van der Waals surface area (Å²) in [7, 11) is 3.98. The molecule has 3 rings (SSSR count). The Balaban J connectivity index is 1.91. The van der Waals surface area contributed by atoms with Gasteiger partial charge in [-0.2, -0.15) is 0 Å². The number of benzene rings is 2. The van der Waals surface area contributed by atoms with E-state index in [2.05, 4.69) is 55.1 Å². The molecular formula is C25H36NO3P. The van der Waals surface area contributed by atoms with Gasteiger partial charge in [0.25, 0.3) is 0 Å². The Kier molecular flexibility index (Phi) is 8.56. The fourth-order valence-corrected chi connectivity index (χ4v) is 5.77. The average molecular weight is 430 g/mol. The van der Waals surface area contributed by atoms with Crippen molar-refractivity contribution in [2.24, 2.45) is 0 Å². The molecule has 1 aliphatic rings. The summed E-state index contributed by atoms with van der Waals surface area (Å²) in [6, 6.07) is 15.2. The lowest BCUT2D eigenvalue weighted by atomic mass is 9.96. The highest BCUT2D eigenvalue weighted by molar-refractivity contribution is 7.48. The van der Waals surface area contributed by atoms with Crippen molar-refractivity contribution in [1.29, 1.82) is 0 Å². The minimum Gasteiger partial charge on any atom is -0.493 e. The molecule has 0 aliphatic carbocycles. The van der Waals surface area contributed by atoms with Gasteiger partial charge in [0, 0.05) is 24.4 Å². The quantitative estimate of drug-likeness (QED) is 0.379. The first kappa shape index (κ1) is 23.1. The standard InChI is InChI=1S/C25H36NO3P/c1-5-25(2,21-13-11-14-22(28-4)24(21)29-19-27-3)30-23-15-8-7-12-20(23)18-26-16-9-6-10-17-26/h7-8,11-15,30H,5-6,9-10,16-19H2,1-4H3. The predicted octanol–water partition coefficient (Wildman–Crippen LogP) is 5.29. The minimum absolute atomic E-state index is 0.0460. The molecule has 0 radical (unpaired) electrons. The van der Waals surface area contributed by atoms with Crippen LogP contribution in [0.3, 0.4) is 0 Å². The van der Waals surface area contributed by atoms with Gasteiger partial charge in [0.2, 0.25) is 0 Å². The third-order valence-corrected chi connectivity index (χ3v) is 8.02. The molecule has 2 aromatic rings. The van der Waals surface area contributed by atoms with E-state index in [4.69, 9.17) is 14.2 Å². The first-order chi connectivity index (χ1) is 14.6. The summed E-state index contributed by atoms with van der Waals surface area (Å²) in [5.41, 5.74) is 2.65. The summed E-state index contributed by atoms with van der Waals surface area (Å²) in [5, 5.41) is 1.41. The van der Waals surface area contributed by atoms with Gasteiger partial charge in [-0.05, 0) is 49.3 Å². The van der Waals surface area contributed by atoms with Crippen molar-refractivity contribution in [2.75, 3.05) is 34.1 Å². The van der Waals surface area contributed by atoms with Crippen molar-refractivity contribution >= 4 is 13.9 Å². The van der Waals surface area contributed by atoms with Crippen molar-refractivity contribution in [3.05, 3.63) is 53.6 Å². The third kappa shape index (κ3) is 5.55. The normalized spacial score (nSPS) is 17.2. The number of methoxy groups -OCH3 is 2. The van der Waals surface area contributed by atoms with Crippen LogP contribution in [0.1, 0.15) is 50.7 Å². The van der Waals surface area contributed by atoms with E-state index in [0.717, 1.165) is 24.5 Å². The van der Waals surface area contributed by atoms with Crippen LogP contribution in [0, 0.1) is 0 Å². The van der Waals surface area contributed by atoms with Crippen LogP contribution < -0.4 is 14.8 Å². The maximum atomic E-state index is 5.99. The van der Waals surface area contributed by atoms with E-state index in [1.54, 1.807) is 14.2 Å². The van der Waals surface area contributed by atoms with E-state index < -0.39 is 0 Å². The van der Waals surface area contributed by atoms with Crippen LogP contribution in [0.2, 0.25) is 0 Å². The molecule has 0 aromatic heterocycles. The molecule has 1 heterocycles. The SMILES string of the molecule is CCC(C)(Pc1ccccc1CN1CCCCC1)c1cccc(OC)c1OCOC. The largest absolute Gasteiger partial charge is 0.493 e. The number of piperidine rings is 1. The van der Waals surface area contributed by atoms with E-state index in [0.29, 0.717) is 8.58 Å². The minimum atomic E-state index is -0.0460. The zero-order valence-electron chi connectivity index (χ0n) is 18.9. The molecule has 0 spiro atoms. The van der Waals surface area contributed by atoms with E-state index in [1.807, 2.05) is 6.07 Å². The van der Waals surface area contributed by atoms with Crippen LogP contribution in [0.15, 0.2) is 42.5 Å². The highest BCUT2D eigenvalue weighted by Crippen LogP contribution is 2.50. The van der Waals surface area contributed by atoms with Crippen LogP contribution in [-0.2, 0) is 16.4 Å². The summed E-state index contributed by atoms with van der Waals surface area (Å²) >= 11 is 0. The number of ether oxygens (including phenoxy) is 3. The number of hydrogen-bond acceptors (Lipinski definition) is 4. The molecule has 30 heavy (non-hydrogen) atoms. The van der Waals surface area contributed by atoms with Crippen LogP contribution in [-0.4, -0.2) is 39.0 Å². The van der Waals surface area contributed by atoms with Crippen LogP contribution in [0.25, 0.3) is 0 Å². The molecule has 164 valence electrons. The molecule has 1 aliphatic heterocycles. The van der Waals surface area contributed by atoms with E-state index >= 15 is 0 Å².